The first kappa shape index (κ1) is 69.8. The normalized spacial score (nSPS) is 13.0. The second-order valence-electron chi connectivity index (χ2n) is 19.9. The summed E-state index contributed by atoms with van der Waals surface area (Å²) in [5.74, 6) is -0.952. The molecule has 0 amide bonds. The smallest absolute Gasteiger partial charge is 0.306 e. The van der Waals surface area contributed by atoms with Crippen LogP contribution in [0.3, 0.4) is 0 Å². The zero-order chi connectivity index (χ0) is 53.6. The second-order valence-corrected chi connectivity index (χ2v) is 19.9. The lowest BCUT2D eigenvalue weighted by atomic mass is 10.1. The molecular weight excluding hydrogens is 913 g/mol. The third-order valence-electron chi connectivity index (χ3n) is 12.7. The molecule has 0 aromatic heterocycles. The number of hydrogen-bond donors (Lipinski definition) is 0. The first-order valence-corrected chi connectivity index (χ1v) is 30.5. The molecule has 0 spiro atoms. The van der Waals surface area contributed by atoms with Gasteiger partial charge < -0.3 is 14.2 Å². The van der Waals surface area contributed by atoms with Crippen LogP contribution in [0.25, 0.3) is 0 Å². The van der Waals surface area contributed by atoms with Crippen LogP contribution < -0.4 is 0 Å². The van der Waals surface area contributed by atoms with E-state index in [0.29, 0.717) is 19.3 Å². The van der Waals surface area contributed by atoms with Crippen LogP contribution in [-0.4, -0.2) is 37.2 Å². The highest BCUT2D eigenvalue weighted by atomic mass is 16.6. The molecule has 6 nitrogen and oxygen atoms in total. The number of carbonyl (C=O) groups excluding carboxylic acids is 3. The van der Waals surface area contributed by atoms with Crippen molar-refractivity contribution in [1.82, 2.24) is 0 Å². The molecule has 1 unspecified atom stereocenters. The lowest BCUT2D eigenvalue weighted by Gasteiger charge is -2.18. The molecule has 0 aliphatic rings. The highest BCUT2D eigenvalue weighted by Crippen LogP contribution is 2.14. The number of unbranched alkanes of at least 4 members (excludes halogenated alkanes) is 23. The van der Waals surface area contributed by atoms with Crippen molar-refractivity contribution in [1.29, 1.82) is 0 Å². The molecule has 0 saturated carbocycles. The van der Waals surface area contributed by atoms with E-state index in [0.717, 1.165) is 135 Å². The van der Waals surface area contributed by atoms with Gasteiger partial charge in [-0.15, -0.1) is 0 Å². The first-order chi connectivity index (χ1) is 36.5. The summed E-state index contributed by atoms with van der Waals surface area (Å²) in [5, 5.41) is 0. The van der Waals surface area contributed by atoms with Crippen molar-refractivity contribution in [3.63, 3.8) is 0 Å². The van der Waals surface area contributed by atoms with Gasteiger partial charge in [-0.05, 0) is 135 Å². The number of hydrogen-bond acceptors (Lipinski definition) is 6. The van der Waals surface area contributed by atoms with Gasteiger partial charge in [0.1, 0.15) is 13.2 Å². The van der Waals surface area contributed by atoms with E-state index in [1.807, 2.05) is 0 Å². The molecule has 74 heavy (non-hydrogen) atoms. The predicted octanol–water partition coefficient (Wildman–Crippen LogP) is 20.8. The average Bonchev–Trinajstić information content (AvgIpc) is 3.40. The second kappa shape index (κ2) is 61.4. The van der Waals surface area contributed by atoms with Crippen molar-refractivity contribution >= 4 is 17.9 Å². The van der Waals surface area contributed by atoms with Gasteiger partial charge in [0.15, 0.2) is 6.10 Å². The maximum Gasteiger partial charge on any atom is 0.306 e. The zero-order valence-electron chi connectivity index (χ0n) is 48.1. The lowest BCUT2D eigenvalue weighted by molar-refractivity contribution is -0.167. The minimum Gasteiger partial charge on any atom is -0.462 e. The quantitative estimate of drug-likeness (QED) is 0.0261. The summed E-state index contributed by atoms with van der Waals surface area (Å²) in [6.07, 6.45) is 84.7. The Kier molecular flexibility index (Phi) is 57.9. The molecule has 0 aliphatic carbocycles. The van der Waals surface area contributed by atoms with E-state index in [-0.39, 0.29) is 31.1 Å². The highest BCUT2D eigenvalue weighted by molar-refractivity contribution is 5.71. The summed E-state index contributed by atoms with van der Waals surface area (Å²) in [7, 11) is 0. The largest absolute Gasteiger partial charge is 0.462 e. The van der Waals surface area contributed by atoms with Gasteiger partial charge in [0.25, 0.3) is 0 Å². The van der Waals surface area contributed by atoms with Crippen LogP contribution in [0.2, 0.25) is 0 Å². The molecule has 0 aromatic carbocycles. The van der Waals surface area contributed by atoms with Crippen molar-refractivity contribution in [3.05, 3.63) is 122 Å². The van der Waals surface area contributed by atoms with E-state index in [9.17, 15) is 14.4 Å². The lowest BCUT2D eigenvalue weighted by Crippen LogP contribution is -2.30. The molecule has 0 rings (SSSR count). The molecule has 0 radical (unpaired) electrons. The van der Waals surface area contributed by atoms with Gasteiger partial charge >= 0.3 is 17.9 Å². The van der Waals surface area contributed by atoms with Crippen LogP contribution in [0.5, 0.6) is 0 Å². The van der Waals surface area contributed by atoms with Gasteiger partial charge in [0.2, 0.25) is 0 Å². The summed E-state index contributed by atoms with van der Waals surface area (Å²) >= 11 is 0. The van der Waals surface area contributed by atoms with Crippen molar-refractivity contribution < 1.29 is 28.6 Å². The van der Waals surface area contributed by atoms with E-state index >= 15 is 0 Å². The molecular formula is C68H112O6. The fraction of sp³-hybridized carbons (Fsp3) is 0.662. The van der Waals surface area contributed by atoms with E-state index in [1.54, 1.807) is 0 Å². The standard InChI is InChI=1S/C68H112O6/c1-4-7-10-13-16-19-22-25-28-31-34-37-40-43-46-49-52-55-58-61-67(70)73-64-65(63-72-66(69)60-57-54-51-48-45-42-39-36-33-30-27-24-21-18-15-12-9-6-3)74-68(71)62-59-56-53-50-47-44-41-38-35-32-29-26-23-20-17-14-11-8-5-2/h7,10,16-17,19-21,24-26,28-30,33-35,37-38,43,46,65H,4-6,8-9,11-15,18,22-23,27,31-32,36,39-42,44-45,47-64H2,1-3H3/b10-7-,19-16-,20-17-,24-21-,28-25-,29-26-,33-30-,37-34-,38-35-,46-43-. The molecule has 1 atom stereocenters. The summed E-state index contributed by atoms with van der Waals surface area (Å²) in [6, 6.07) is 0. The van der Waals surface area contributed by atoms with E-state index in [4.69, 9.17) is 14.2 Å². The van der Waals surface area contributed by atoms with Gasteiger partial charge in [0, 0.05) is 19.3 Å². The third kappa shape index (κ3) is 58.7. The van der Waals surface area contributed by atoms with Gasteiger partial charge in [-0.2, -0.15) is 0 Å². The number of allylic oxidation sites excluding steroid dienone is 20. The van der Waals surface area contributed by atoms with E-state index in [1.165, 1.54) is 96.3 Å². The Hall–Kier alpha value is -4.19. The predicted molar refractivity (Wildman–Crippen MR) is 320 cm³/mol. The molecule has 0 fully saturated rings. The molecule has 0 saturated heterocycles. The van der Waals surface area contributed by atoms with Gasteiger partial charge in [-0.25, -0.2) is 0 Å². The molecule has 0 aromatic rings. The number of ether oxygens (including phenoxy) is 3. The topological polar surface area (TPSA) is 78.9 Å². The number of carbonyl (C=O) groups is 3. The number of esters is 3. The van der Waals surface area contributed by atoms with Crippen molar-refractivity contribution in [2.75, 3.05) is 13.2 Å². The zero-order valence-corrected chi connectivity index (χ0v) is 48.1. The summed E-state index contributed by atoms with van der Waals surface area (Å²) in [6.45, 7) is 6.44. The van der Waals surface area contributed by atoms with Crippen LogP contribution >= 0.6 is 0 Å². The van der Waals surface area contributed by atoms with Crippen LogP contribution in [0.1, 0.15) is 271 Å². The maximum atomic E-state index is 12.9. The Morgan fingerprint density at radius 2 is 0.527 bits per heavy atom. The minimum absolute atomic E-state index is 0.101. The molecule has 0 N–H and O–H groups in total. The summed E-state index contributed by atoms with van der Waals surface area (Å²) in [4.78, 5) is 38.3. The monoisotopic (exact) mass is 1020 g/mol. The molecule has 0 aliphatic heterocycles. The van der Waals surface area contributed by atoms with Gasteiger partial charge in [-0.1, -0.05) is 239 Å². The van der Waals surface area contributed by atoms with Crippen molar-refractivity contribution in [2.24, 2.45) is 0 Å². The number of rotatable bonds is 54. The summed E-state index contributed by atoms with van der Waals surface area (Å²) in [5.41, 5.74) is 0. The maximum absolute atomic E-state index is 12.9. The molecule has 0 bridgehead atoms. The van der Waals surface area contributed by atoms with Crippen LogP contribution in [0.4, 0.5) is 0 Å². The van der Waals surface area contributed by atoms with Crippen LogP contribution in [0, 0.1) is 0 Å². The fourth-order valence-electron chi connectivity index (χ4n) is 8.09. The average molecular weight is 1030 g/mol. The van der Waals surface area contributed by atoms with E-state index < -0.39 is 6.10 Å². The van der Waals surface area contributed by atoms with Crippen LogP contribution in [-0.2, 0) is 28.6 Å². The third-order valence-corrected chi connectivity index (χ3v) is 12.7. The molecule has 0 heterocycles. The van der Waals surface area contributed by atoms with Crippen LogP contribution in [0.15, 0.2) is 122 Å². The molecule has 420 valence electrons. The Balaban J connectivity index is 4.51. The Bertz CT molecular complexity index is 1550. The fourth-order valence-corrected chi connectivity index (χ4v) is 8.09. The van der Waals surface area contributed by atoms with Crippen molar-refractivity contribution in [3.8, 4) is 0 Å². The minimum atomic E-state index is -0.807. The Morgan fingerprint density at radius 1 is 0.284 bits per heavy atom. The Morgan fingerprint density at radius 3 is 0.865 bits per heavy atom. The van der Waals surface area contributed by atoms with Crippen molar-refractivity contribution in [2.45, 2.75) is 277 Å². The SMILES string of the molecule is CC/C=C\C/C=C\C/C=C\C/C=C\C/C=C\CCCCCC(=O)OCC(COC(=O)CCCCCCCCC/C=C\C/C=C\CCCCCC)OC(=O)CCCCCCCC/C=C\C/C=C\C/C=C\CCCCC. The van der Waals surface area contributed by atoms with Gasteiger partial charge in [-0.3, -0.25) is 14.4 Å². The Labute approximate surface area is 456 Å². The molecule has 6 heteroatoms. The summed E-state index contributed by atoms with van der Waals surface area (Å²) < 4.78 is 16.9. The van der Waals surface area contributed by atoms with E-state index in [2.05, 4.69) is 142 Å². The first-order valence-electron chi connectivity index (χ1n) is 30.5. The highest BCUT2D eigenvalue weighted by Gasteiger charge is 2.19. The van der Waals surface area contributed by atoms with Gasteiger partial charge in [0.05, 0.1) is 0 Å².